The third kappa shape index (κ3) is 6.26. The molecule has 2 amide bonds. The Labute approximate surface area is 158 Å². The fourth-order valence-electron chi connectivity index (χ4n) is 2.86. The summed E-state index contributed by atoms with van der Waals surface area (Å²) in [5.74, 6) is -1.68. The number of esters is 1. The fraction of sp³-hybridized carbons (Fsp3) is 0.400. The van der Waals surface area contributed by atoms with Crippen LogP contribution in [-0.2, 0) is 19.1 Å². The second kappa shape index (κ2) is 9.53. The van der Waals surface area contributed by atoms with E-state index in [1.807, 2.05) is 30.3 Å². The minimum atomic E-state index is -0.901. The van der Waals surface area contributed by atoms with Crippen molar-refractivity contribution in [3.8, 4) is 6.07 Å². The van der Waals surface area contributed by atoms with Gasteiger partial charge in [0, 0.05) is 6.08 Å². The summed E-state index contributed by atoms with van der Waals surface area (Å²) in [7, 11) is 0. The van der Waals surface area contributed by atoms with E-state index in [-0.39, 0.29) is 0 Å². The zero-order valence-electron chi connectivity index (χ0n) is 15.2. The van der Waals surface area contributed by atoms with Crippen molar-refractivity contribution in [1.82, 2.24) is 10.6 Å². The maximum Gasteiger partial charge on any atom is 0.328 e. The molecule has 7 nitrogen and oxygen atoms in total. The summed E-state index contributed by atoms with van der Waals surface area (Å²) in [5, 5.41) is 14.4. The van der Waals surface area contributed by atoms with Crippen LogP contribution in [0.5, 0.6) is 0 Å². The van der Waals surface area contributed by atoms with Crippen molar-refractivity contribution in [2.75, 3.05) is 6.61 Å². The van der Waals surface area contributed by atoms with Gasteiger partial charge in [0.2, 0.25) is 5.91 Å². The summed E-state index contributed by atoms with van der Waals surface area (Å²) in [5.41, 5.74) is 0.00355. The lowest BCUT2D eigenvalue weighted by atomic mass is 10.00. The first-order chi connectivity index (χ1) is 12.9. The van der Waals surface area contributed by atoms with E-state index in [0.29, 0.717) is 12.8 Å². The molecule has 1 aromatic rings. The molecule has 0 aliphatic heterocycles. The van der Waals surface area contributed by atoms with Crippen molar-refractivity contribution in [2.24, 2.45) is 0 Å². The number of nitrogens with zero attached hydrogens (tertiary/aromatic N) is 1. The highest BCUT2D eigenvalue weighted by atomic mass is 16.5. The Kier molecular flexibility index (Phi) is 7.12. The van der Waals surface area contributed by atoms with E-state index in [0.717, 1.165) is 18.4 Å². The van der Waals surface area contributed by atoms with Gasteiger partial charge in [-0.1, -0.05) is 30.3 Å². The standard InChI is InChI=1S/C20H23N3O4/c1-15(22-17(24)10-9-16-7-3-2-4-8-16)19(26)27-13-18(25)23-20(14-21)11-5-6-12-20/h2-4,7-10,15H,5-6,11-13H2,1H3,(H,22,24)(H,23,25). The molecule has 0 heterocycles. The summed E-state index contributed by atoms with van der Waals surface area (Å²) in [6.07, 6.45) is 5.92. The molecule has 1 fully saturated rings. The number of nitriles is 1. The van der Waals surface area contributed by atoms with Crippen molar-refractivity contribution >= 4 is 23.9 Å². The number of hydrogen-bond acceptors (Lipinski definition) is 5. The van der Waals surface area contributed by atoms with Crippen LogP contribution in [-0.4, -0.2) is 36.0 Å². The molecule has 27 heavy (non-hydrogen) atoms. The highest BCUT2D eigenvalue weighted by molar-refractivity contribution is 5.94. The highest BCUT2D eigenvalue weighted by Crippen LogP contribution is 2.28. The van der Waals surface area contributed by atoms with Crippen molar-refractivity contribution < 1.29 is 19.1 Å². The lowest BCUT2D eigenvalue weighted by Gasteiger charge is -2.22. The zero-order chi connectivity index (χ0) is 19.7. The van der Waals surface area contributed by atoms with Gasteiger partial charge in [-0.2, -0.15) is 5.26 Å². The number of hydrogen-bond donors (Lipinski definition) is 2. The van der Waals surface area contributed by atoms with Gasteiger partial charge in [0.05, 0.1) is 6.07 Å². The minimum Gasteiger partial charge on any atom is -0.454 e. The van der Waals surface area contributed by atoms with Crippen LogP contribution >= 0.6 is 0 Å². The molecule has 0 radical (unpaired) electrons. The number of ether oxygens (including phenoxy) is 1. The fourth-order valence-corrected chi connectivity index (χ4v) is 2.86. The summed E-state index contributed by atoms with van der Waals surface area (Å²) < 4.78 is 4.93. The number of carbonyl (C=O) groups is 3. The van der Waals surface area contributed by atoms with Crippen molar-refractivity contribution in [2.45, 2.75) is 44.2 Å². The Hall–Kier alpha value is -3.14. The summed E-state index contributed by atoms with van der Waals surface area (Å²) in [6, 6.07) is 10.5. The quantitative estimate of drug-likeness (QED) is 0.562. The van der Waals surface area contributed by atoms with Crippen LogP contribution in [0.1, 0.15) is 38.2 Å². The first-order valence-electron chi connectivity index (χ1n) is 8.87. The highest BCUT2D eigenvalue weighted by Gasteiger charge is 2.35. The van der Waals surface area contributed by atoms with Crippen LogP contribution in [0.3, 0.4) is 0 Å². The zero-order valence-corrected chi connectivity index (χ0v) is 15.2. The van der Waals surface area contributed by atoms with Gasteiger partial charge in [0.15, 0.2) is 6.61 Å². The second-order valence-corrected chi connectivity index (χ2v) is 6.53. The van der Waals surface area contributed by atoms with Crippen molar-refractivity contribution in [1.29, 1.82) is 5.26 Å². The minimum absolute atomic E-state index is 0.442. The Morgan fingerprint density at radius 2 is 1.93 bits per heavy atom. The van der Waals surface area contributed by atoms with E-state index in [1.165, 1.54) is 13.0 Å². The monoisotopic (exact) mass is 369 g/mol. The van der Waals surface area contributed by atoms with Crippen LogP contribution in [0.2, 0.25) is 0 Å². The number of benzene rings is 1. The van der Waals surface area contributed by atoms with E-state index >= 15 is 0 Å². The Bertz CT molecular complexity index is 746. The number of amides is 2. The normalized spacial score (nSPS) is 16.3. The van der Waals surface area contributed by atoms with Gasteiger partial charge >= 0.3 is 5.97 Å². The predicted octanol–water partition coefficient (Wildman–Crippen LogP) is 1.70. The molecule has 1 aliphatic rings. The van der Waals surface area contributed by atoms with Gasteiger partial charge in [0.25, 0.3) is 5.91 Å². The maximum atomic E-state index is 11.9. The van der Waals surface area contributed by atoms with Gasteiger partial charge in [-0.05, 0) is 44.2 Å². The van der Waals surface area contributed by atoms with E-state index in [4.69, 9.17) is 4.74 Å². The van der Waals surface area contributed by atoms with Crippen LogP contribution in [0.15, 0.2) is 36.4 Å². The van der Waals surface area contributed by atoms with E-state index in [1.54, 1.807) is 6.08 Å². The van der Waals surface area contributed by atoms with Crippen LogP contribution in [0, 0.1) is 11.3 Å². The summed E-state index contributed by atoms with van der Waals surface area (Å²) in [4.78, 5) is 35.7. The lowest BCUT2D eigenvalue weighted by Crippen LogP contribution is -2.47. The van der Waals surface area contributed by atoms with Gasteiger partial charge < -0.3 is 15.4 Å². The molecule has 142 valence electrons. The topological polar surface area (TPSA) is 108 Å². The number of carbonyl (C=O) groups excluding carboxylic acids is 3. The first kappa shape index (κ1) is 20.2. The molecule has 1 atom stereocenters. The molecule has 1 saturated carbocycles. The lowest BCUT2D eigenvalue weighted by molar-refractivity contribution is -0.151. The molecular weight excluding hydrogens is 346 g/mol. The van der Waals surface area contributed by atoms with Crippen LogP contribution in [0.4, 0.5) is 0 Å². The molecule has 0 spiro atoms. The van der Waals surface area contributed by atoms with Crippen LogP contribution in [0.25, 0.3) is 6.08 Å². The molecule has 7 heteroatoms. The van der Waals surface area contributed by atoms with E-state index in [9.17, 15) is 19.6 Å². The predicted molar refractivity (Wildman–Crippen MR) is 99.0 cm³/mol. The van der Waals surface area contributed by atoms with Crippen molar-refractivity contribution in [3.63, 3.8) is 0 Å². The molecule has 0 bridgehead atoms. The SMILES string of the molecule is CC(NC(=O)C=Cc1ccccc1)C(=O)OCC(=O)NC1(C#N)CCCC1. The average Bonchev–Trinajstić information content (AvgIpc) is 3.14. The largest absolute Gasteiger partial charge is 0.454 e. The Balaban J connectivity index is 1.75. The van der Waals surface area contributed by atoms with Crippen molar-refractivity contribution in [3.05, 3.63) is 42.0 Å². The van der Waals surface area contributed by atoms with Crippen LogP contribution < -0.4 is 10.6 Å². The molecule has 0 aromatic heterocycles. The van der Waals surface area contributed by atoms with Gasteiger partial charge in [0.1, 0.15) is 11.6 Å². The van der Waals surface area contributed by atoms with Gasteiger partial charge in [-0.3, -0.25) is 9.59 Å². The molecule has 1 unspecified atom stereocenters. The van der Waals surface area contributed by atoms with E-state index in [2.05, 4.69) is 16.7 Å². The smallest absolute Gasteiger partial charge is 0.328 e. The molecule has 2 N–H and O–H groups in total. The molecule has 1 aromatic carbocycles. The number of nitrogens with one attached hydrogen (secondary N) is 2. The molecular formula is C20H23N3O4. The third-order valence-electron chi connectivity index (χ3n) is 4.33. The molecule has 1 aliphatic carbocycles. The number of rotatable bonds is 7. The van der Waals surface area contributed by atoms with Gasteiger partial charge in [-0.25, -0.2) is 4.79 Å². The third-order valence-corrected chi connectivity index (χ3v) is 4.33. The molecule has 0 saturated heterocycles. The molecule has 2 rings (SSSR count). The summed E-state index contributed by atoms with van der Waals surface area (Å²) in [6.45, 7) is 0.991. The van der Waals surface area contributed by atoms with E-state index < -0.39 is 36.0 Å². The maximum absolute atomic E-state index is 11.9. The second-order valence-electron chi connectivity index (χ2n) is 6.53. The Morgan fingerprint density at radius 3 is 2.56 bits per heavy atom. The Morgan fingerprint density at radius 1 is 1.26 bits per heavy atom. The van der Waals surface area contributed by atoms with Gasteiger partial charge in [-0.15, -0.1) is 0 Å². The first-order valence-corrected chi connectivity index (χ1v) is 8.87. The average molecular weight is 369 g/mol. The summed E-state index contributed by atoms with van der Waals surface area (Å²) >= 11 is 0.